The lowest BCUT2D eigenvalue weighted by molar-refractivity contribution is 0.571. The van der Waals surface area contributed by atoms with E-state index in [1.54, 1.807) is 0 Å². The van der Waals surface area contributed by atoms with Crippen molar-refractivity contribution in [2.75, 3.05) is 16.9 Å². The van der Waals surface area contributed by atoms with Gasteiger partial charge in [-0.15, -0.1) is 0 Å². The van der Waals surface area contributed by atoms with E-state index in [0.717, 1.165) is 29.1 Å². The molecule has 2 heterocycles. The van der Waals surface area contributed by atoms with Gasteiger partial charge in [0.1, 0.15) is 22.6 Å². The Hall–Kier alpha value is -3.11. The van der Waals surface area contributed by atoms with Gasteiger partial charge in [0.25, 0.3) is 0 Å². The lowest BCUT2D eigenvalue weighted by atomic mass is 10.1. The van der Waals surface area contributed by atoms with E-state index in [2.05, 4.69) is 25.6 Å². The van der Waals surface area contributed by atoms with Gasteiger partial charge in [-0.3, -0.25) is 0 Å². The van der Waals surface area contributed by atoms with Crippen molar-refractivity contribution >= 4 is 53.8 Å². The van der Waals surface area contributed by atoms with Gasteiger partial charge in [0.05, 0.1) is 0 Å². The average Bonchev–Trinajstić information content (AvgIpc) is 3.08. The van der Waals surface area contributed by atoms with Gasteiger partial charge >= 0.3 is 0 Å². The summed E-state index contributed by atoms with van der Waals surface area (Å²) in [6.45, 7) is 4.04. The average molecular weight is 444 g/mol. The minimum absolute atomic E-state index is 0.352. The molecule has 0 radical (unpaired) electrons. The highest BCUT2D eigenvalue weighted by Crippen LogP contribution is 2.33. The van der Waals surface area contributed by atoms with Crippen LogP contribution in [-0.2, 0) is 9.84 Å². The SMILES string of the molecule is Cc1cccc(C)c1Nc1nc2c(Nc3ccc(S(C)(=O)=O)c(F)c3)ncnc2s1. The number of para-hydroxylation sites is 1. The van der Waals surface area contributed by atoms with Crippen molar-refractivity contribution in [1.29, 1.82) is 0 Å². The molecule has 0 atom stereocenters. The molecule has 154 valence electrons. The number of halogens is 1. The van der Waals surface area contributed by atoms with Gasteiger partial charge in [-0.2, -0.15) is 0 Å². The Balaban J connectivity index is 1.67. The van der Waals surface area contributed by atoms with E-state index >= 15 is 0 Å². The first-order chi connectivity index (χ1) is 14.2. The van der Waals surface area contributed by atoms with Gasteiger partial charge < -0.3 is 10.6 Å². The standard InChI is InChI=1S/C20H18FN5O2S2/c1-11-5-4-6-12(2)16(11)25-20-26-17-18(22-10-23-19(17)29-20)24-13-7-8-15(14(21)9-13)30(3,27)28/h4-10H,1-3H3,(H,25,26)(H,22,23,24). The van der Waals surface area contributed by atoms with E-state index in [4.69, 9.17) is 0 Å². The molecule has 7 nitrogen and oxygen atoms in total. The zero-order valence-corrected chi connectivity index (χ0v) is 18.0. The van der Waals surface area contributed by atoms with Crippen LogP contribution in [0, 0.1) is 19.7 Å². The van der Waals surface area contributed by atoms with Crippen molar-refractivity contribution in [2.45, 2.75) is 18.7 Å². The monoisotopic (exact) mass is 443 g/mol. The van der Waals surface area contributed by atoms with Crippen molar-refractivity contribution in [3.63, 3.8) is 0 Å². The normalized spacial score (nSPS) is 11.6. The fraction of sp³-hybridized carbons (Fsp3) is 0.150. The molecule has 0 bridgehead atoms. The first-order valence-corrected chi connectivity index (χ1v) is 11.6. The van der Waals surface area contributed by atoms with E-state index in [0.29, 0.717) is 27.0 Å². The third-order valence-electron chi connectivity index (χ3n) is 4.50. The van der Waals surface area contributed by atoms with E-state index in [1.165, 1.54) is 29.8 Å². The fourth-order valence-corrected chi connectivity index (χ4v) is 4.57. The summed E-state index contributed by atoms with van der Waals surface area (Å²) in [5.74, 6) is -0.430. The van der Waals surface area contributed by atoms with Crippen LogP contribution in [-0.4, -0.2) is 29.6 Å². The summed E-state index contributed by atoms with van der Waals surface area (Å²) in [6, 6.07) is 9.85. The quantitative estimate of drug-likeness (QED) is 0.460. The Morgan fingerprint density at radius 1 is 1.03 bits per heavy atom. The zero-order valence-electron chi connectivity index (χ0n) is 16.4. The Labute approximate surface area is 177 Å². The Morgan fingerprint density at radius 3 is 2.43 bits per heavy atom. The number of sulfone groups is 1. The van der Waals surface area contributed by atoms with Gasteiger partial charge in [0, 0.05) is 17.6 Å². The molecule has 4 rings (SSSR count). The van der Waals surface area contributed by atoms with E-state index in [9.17, 15) is 12.8 Å². The van der Waals surface area contributed by atoms with Crippen LogP contribution in [0.3, 0.4) is 0 Å². The number of hydrogen-bond donors (Lipinski definition) is 2. The van der Waals surface area contributed by atoms with Crippen LogP contribution in [0.4, 0.5) is 26.7 Å². The largest absolute Gasteiger partial charge is 0.338 e. The maximum atomic E-state index is 14.2. The Morgan fingerprint density at radius 2 is 1.77 bits per heavy atom. The van der Waals surface area contributed by atoms with Crippen LogP contribution in [0.5, 0.6) is 0 Å². The number of benzene rings is 2. The molecule has 0 saturated heterocycles. The van der Waals surface area contributed by atoms with Crippen molar-refractivity contribution in [2.24, 2.45) is 0 Å². The smallest absolute Gasteiger partial charge is 0.189 e. The highest BCUT2D eigenvalue weighted by atomic mass is 32.2. The summed E-state index contributed by atoms with van der Waals surface area (Å²) in [6.07, 6.45) is 2.36. The molecule has 0 amide bonds. The molecule has 0 saturated carbocycles. The lowest BCUT2D eigenvalue weighted by Crippen LogP contribution is -2.02. The van der Waals surface area contributed by atoms with Gasteiger partial charge in [0.15, 0.2) is 25.6 Å². The van der Waals surface area contributed by atoms with E-state index < -0.39 is 15.7 Å². The van der Waals surface area contributed by atoms with Gasteiger partial charge in [0.2, 0.25) is 0 Å². The minimum atomic E-state index is -3.64. The van der Waals surface area contributed by atoms with Gasteiger partial charge in [-0.1, -0.05) is 29.5 Å². The van der Waals surface area contributed by atoms with Crippen LogP contribution in [0.2, 0.25) is 0 Å². The van der Waals surface area contributed by atoms with Crippen molar-refractivity contribution in [3.05, 3.63) is 59.7 Å². The second-order valence-electron chi connectivity index (χ2n) is 6.83. The first kappa shape index (κ1) is 20.2. The summed E-state index contributed by atoms with van der Waals surface area (Å²) >= 11 is 1.38. The molecule has 2 aromatic carbocycles. The van der Waals surface area contributed by atoms with Crippen LogP contribution >= 0.6 is 11.3 Å². The van der Waals surface area contributed by atoms with Crippen molar-refractivity contribution in [3.8, 4) is 0 Å². The second kappa shape index (κ2) is 7.62. The summed E-state index contributed by atoms with van der Waals surface area (Å²) in [4.78, 5) is 13.4. The number of aromatic nitrogens is 3. The van der Waals surface area contributed by atoms with Gasteiger partial charge in [-0.25, -0.2) is 27.8 Å². The van der Waals surface area contributed by atoms with E-state index in [1.807, 2.05) is 32.0 Å². The molecule has 0 aliphatic carbocycles. The van der Waals surface area contributed by atoms with Gasteiger partial charge in [-0.05, 0) is 43.2 Å². The maximum Gasteiger partial charge on any atom is 0.189 e. The summed E-state index contributed by atoms with van der Waals surface area (Å²) < 4.78 is 37.4. The molecule has 0 aliphatic rings. The van der Waals surface area contributed by atoms with Crippen LogP contribution in [0.15, 0.2) is 47.6 Å². The number of fused-ring (bicyclic) bond motifs is 1. The molecular formula is C20H18FN5O2S2. The van der Waals surface area contributed by atoms with Crippen LogP contribution in [0.1, 0.15) is 11.1 Å². The van der Waals surface area contributed by atoms with E-state index in [-0.39, 0.29) is 4.90 Å². The molecule has 4 aromatic rings. The number of anilines is 4. The third kappa shape index (κ3) is 3.96. The highest BCUT2D eigenvalue weighted by molar-refractivity contribution is 7.90. The molecule has 0 fully saturated rings. The number of nitrogens with zero attached hydrogens (tertiary/aromatic N) is 3. The molecule has 0 aliphatic heterocycles. The predicted molar refractivity (Wildman–Crippen MR) is 117 cm³/mol. The molecule has 0 unspecified atom stereocenters. The predicted octanol–water partition coefficient (Wildman–Crippen LogP) is 4.73. The Kier molecular flexibility index (Phi) is 5.12. The highest BCUT2D eigenvalue weighted by Gasteiger charge is 2.16. The van der Waals surface area contributed by atoms with Crippen molar-refractivity contribution in [1.82, 2.24) is 15.0 Å². The summed E-state index contributed by atoms with van der Waals surface area (Å²) in [5, 5.41) is 6.99. The Bertz CT molecular complexity index is 1350. The minimum Gasteiger partial charge on any atom is -0.338 e. The van der Waals surface area contributed by atoms with Crippen molar-refractivity contribution < 1.29 is 12.8 Å². The molecular weight excluding hydrogens is 425 g/mol. The van der Waals surface area contributed by atoms with Crippen LogP contribution in [0.25, 0.3) is 10.3 Å². The second-order valence-corrected chi connectivity index (χ2v) is 9.79. The number of rotatable bonds is 5. The molecule has 0 spiro atoms. The first-order valence-electron chi connectivity index (χ1n) is 8.94. The van der Waals surface area contributed by atoms with Crippen LogP contribution < -0.4 is 10.6 Å². The molecule has 2 aromatic heterocycles. The number of nitrogens with one attached hydrogen (secondary N) is 2. The molecule has 2 N–H and O–H groups in total. The number of hydrogen-bond acceptors (Lipinski definition) is 8. The zero-order chi connectivity index (χ0) is 21.5. The summed E-state index contributed by atoms with van der Waals surface area (Å²) in [5.41, 5.74) is 4.07. The third-order valence-corrected chi connectivity index (χ3v) is 6.51. The summed E-state index contributed by atoms with van der Waals surface area (Å²) in [7, 11) is -3.64. The molecule has 10 heteroatoms. The molecule has 30 heavy (non-hydrogen) atoms. The topological polar surface area (TPSA) is 96.9 Å². The fourth-order valence-electron chi connectivity index (χ4n) is 3.03. The number of thiazole rings is 1. The maximum absolute atomic E-state index is 14.2. The lowest BCUT2D eigenvalue weighted by Gasteiger charge is -2.09. The number of aryl methyl sites for hydroxylation is 2.